The fraction of sp³-hybridized carbons (Fsp3) is 0.200. The molecule has 0 atom stereocenters. The van der Waals surface area contributed by atoms with Crippen molar-refractivity contribution in [2.24, 2.45) is 5.16 Å². The molecule has 3 aromatic heterocycles. The zero-order valence-electron chi connectivity index (χ0n) is 17.6. The lowest BCUT2D eigenvalue weighted by molar-refractivity contribution is 0.127. The van der Waals surface area contributed by atoms with Crippen molar-refractivity contribution in [1.29, 1.82) is 0 Å². The first-order valence-corrected chi connectivity index (χ1v) is 11.3. The molecule has 0 amide bonds. The Morgan fingerprint density at radius 2 is 1.97 bits per heavy atom. The molecule has 3 heterocycles. The third kappa shape index (κ3) is 4.16. The van der Waals surface area contributed by atoms with E-state index in [1.54, 1.807) is 35.7 Å². The first kappa shape index (κ1) is 20.5. The van der Waals surface area contributed by atoms with E-state index in [-0.39, 0.29) is 12.4 Å². The van der Waals surface area contributed by atoms with Crippen LogP contribution in [-0.4, -0.2) is 20.7 Å². The molecule has 0 N–H and O–H groups in total. The van der Waals surface area contributed by atoms with Crippen molar-refractivity contribution in [2.75, 3.05) is 0 Å². The lowest BCUT2D eigenvalue weighted by Gasteiger charge is -2.17. The Morgan fingerprint density at radius 1 is 1.06 bits per heavy atom. The van der Waals surface area contributed by atoms with E-state index in [1.165, 1.54) is 6.07 Å². The molecule has 0 spiro atoms. The van der Waals surface area contributed by atoms with Crippen LogP contribution in [0, 0.1) is 12.7 Å². The summed E-state index contributed by atoms with van der Waals surface area (Å²) in [5.74, 6) is -0.290. The Bertz CT molecular complexity index is 1290. The van der Waals surface area contributed by atoms with Gasteiger partial charge in [0.25, 0.3) is 0 Å². The highest BCUT2D eigenvalue weighted by Crippen LogP contribution is 2.35. The molecule has 0 saturated heterocycles. The molecule has 0 aliphatic heterocycles. The number of hydrogen-bond donors (Lipinski definition) is 0. The Hall–Kier alpha value is -3.45. The quantitative estimate of drug-likeness (QED) is 0.356. The van der Waals surface area contributed by atoms with Crippen molar-refractivity contribution in [2.45, 2.75) is 32.8 Å². The minimum atomic E-state index is -0.290. The molecule has 0 radical (unpaired) electrons. The van der Waals surface area contributed by atoms with Crippen LogP contribution in [0.25, 0.3) is 21.1 Å². The summed E-state index contributed by atoms with van der Waals surface area (Å²) in [6.45, 7) is 2.09. The summed E-state index contributed by atoms with van der Waals surface area (Å²) in [6.07, 6.45) is 6.30. The van der Waals surface area contributed by atoms with Gasteiger partial charge in [0.2, 0.25) is 0 Å². The molecular weight excluding hydrogens is 423 g/mol. The summed E-state index contributed by atoms with van der Waals surface area (Å²) in [5.41, 5.74) is 6.11. The van der Waals surface area contributed by atoms with Crippen LogP contribution in [0.3, 0.4) is 0 Å². The van der Waals surface area contributed by atoms with Gasteiger partial charge in [-0.25, -0.2) is 14.4 Å². The summed E-state index contributed by atoms with van der Waals surface area (Å²) in [4.78, 5) is 20.4. The van der Waals surface area contributed by atoms with Crippen LogP contribution in [0.1, 0.15) is 35.4 Å². The average Bonchev–Trinajstić information content (AvgIpc) is 3.22. The Morgan fingerprint density at radius 3 is 2.81 bits per heavy atom. The highest BCUT2D eigenvalue weighted by molar-refractivity contribution is 7.18. The third-order valence-electron chi connectivity index (χ3n) is 5.40. The second-order valence-electron chi connectivity index (χ2n) is 7.64. The molecule has 1 aromatic carbocycles. The predicted octanol–water partition coefficient (Wildman–Crippen LogP) is 5.97. The van der Waals surface area contributed by atoms with Gasteiger partial charge in [-0.2, -0.15) is 0 Å². The average molecular weight is 445 g/mol. The van der Waals surface area contributed by atoms with Crippen LogP contribution >= 0.6 is 11.3 Å². The van der Waals surface area contributed by atoms with Crippen molar-refractivity contribution < 1.29 is 9.23 Å². The summed E-state index contributed by atoms with van der Waals surface area (Å²) < 4.78 is 13.8. The monoisotopic (exact) mass is 444 g/mol. The summed E-state index contributed by atoms with van der Waals surface area (Å²) in [6, 6.07) is 14.7. The van der Waals surface area contributed by atoms with E-state index in [2.05, 4.69) is 22.3 Å². The number of rotatable bonds is 5. The number of aromatic nitrogens is 3. The van der Waals surface area contributed by atoms with E-state index in [9.17, 15) is 4.39 Å². The van der Waals surface area contributed by atoms with Crippen LogP contribution in [-0.2, 0) is 17.9 Å². The van der Waals surface area contributed by atoms with Gasteiger partial charge in [-0.15, -0.1) is 11.3 Å². The number of pyridine rings is 2. The number of benzene rings is 1. The molecule has 5 rings (SSSR count). The number of oxime groups is 1. The number of aryl methyl sites for hydroxylation is 2. The molecule has 1 aliphatic carbocycles. The predicted molar refractivity (Wildman–Crippen MR) is 124 cm³/mol. The van der Waals surface area contributed by atoms with E-state index in [1.807, 2.05) is 25.3 Å². The van der Waals surface area contributed by atoms with Gasteiger partial charge in [0.1, 0.15) is 23.1 Å². The van der Waals surface area contributed by atoms with Gasteiger partial charge in [-0.05, 0) is 56.0 Å². The Kier molecular flexibility index (Phi) is 5.73. The number of fused-ring (bicyclic) bond motifs is 1. The molecule has 0 unspecified atom stereocenters. The minimum absolute atomic E-state index is 0.0909. The lowest BCUT2D eigenvalue weighted by Crippen LogP contribution is -2.15. The number of nitrogens with zero attached hydrogens (tertiary/aromatic N) is 4. The van der Waals surface area contributed by atoms with Gasteiger partial charge in [0.15, 0.2) is 0 Å². The Labute approximate surface area is 189 Å². The molecule has 0 bridgehead atoms. The second-order valence-corrected chi connectivity index (χ2v) is 8.63. The van der Waals surface area contributed by atoms with E-state index in [4.69, 9.17) is 14.8 Å². The van der Waals surface area contributed by atoms with Crippen LogP contribution in [0.5, 0.6) is 0 Å². The van der Waals surface area contributed by atoms with E-state index in [0.717, 1.165) is 63.1 Å². The van der Waals surface area contributed by atoms with Crippen LogP contribution in [0.15, 0.2) is 66.1 Å². The van der Waals surface area contributed by atoms with E-state index >= 15 is 0 Å². The molecule has 32 heavy (non-hydrogen) atoms. The number of hydrogen-bond acceptors (Lipinski definition) is 6. The van der Waals surface area contributed by atoms with Crippen molar-refractivity contribution in [1.82, 2.24) is 15.0 Å². The smallest absolute Gasteiger partial charge is 0.145 e. The summed E-state index contributed by atoms with van der Waals surface area (Å²) in [5, 5.41) is 5.26. The Balaban J connectivity index is 1.43. The maximum Gasteiger partial charge on any atom is 0.145 e. The molecule has 0 fully saturated rings. The summed E-state index contributed by atoms with van der Waals surface area (Å²) in [7, 11) is 0. The van der Waals surface area contributed by atoms with Crippen LogP contribution < -0.4 is 0 Å². The largest absolute Gasteiger partial charge is 0.391 e. The van der Waals surface area contributed by atoms with Crippen LogP contribution in [0.2, 0.25) is 0 Å². The number of halogens is 1. The fourth-order valence-electron chi connectivity index (χ4n) is 3.76. The SMILES string of the molecule is Cc1nc(-c2cccnc2)sc1-c1ccc2c(n1)C(=NOCc1ccccc1F)CCC2. The lowest BCUT2D eigenvalue weighted by atomic mass is 9.94. The first-order chi connectivity index (χ1) is 15.7. The van der Waals surface area contributed by atoms with Crippen molar-refractivity contribution in [3.8, 4) is 21.1 Å². The molecule has 5 nitrogen and oxygen atoms in total. The van der Waals surface area contributed by atoms with Gasteiger partial charge in [0, 0.05) is 23.5 Å². The van der Waals surface area contributed by atoms with Crippen molar-refractivity contribution in [3.63, 3.8) is 0 Å². The molecular formula is C25H21FN4OS. The van der Waals surface area contributed by atoms with Gasteiger partial charge in [0.05, 0.1) is 22.0 Å². The standard InChI is InChI=1S/C25H21FN4OS/c1-16-24(32-25(28-16)18-8-5-13-27-14-18)22-12-11-17-7-4-10-21(23(17)29-22)30-31-15-19-6-2-3-9-20(19)26/h2-3,5-6,8-9,11-14H,4,7,10,15H2,1H3. The zero-order chi connectivity index (χ0) is 21.9. The normalized spacial score (nSPS) is 14.4. The van der Waals surface area contributed by atoms with Crippen molar-refractivity contribution >= 4 is 17.0 Å². The summed E-state index contributed by atoms with van der Waals surface area (Å²) >= 11 is 1.61. The van der Waals surface area contributed by atoms with Crippen LogP contribution in [0.4, 0.5) is 4.39 Å². The number of thiazole rings is 1. The second kappa shape index (κ2) is 8.96. The van der Waals surface area contributed by atoms with E-state index in [0.29, 0.717) is 5.56 Å². The van der Waals surface area contributed by atoms with Gasteiger partial charge >= 0.3 is 0 Å². The first-order valence-electron chi connectivity index (χ1n) is 10.5. The topological polar surface area (TPSA) is 60.3 Å². The van der Waals surface area contributed by atoms with E-state index < -0.39 is 0 Å². The molecule has 7 heteroatoms. The highest BCUT2D eigenvalue weighted by Gasteiger charge is 2.21. The van der Waals surface area contributed by atoms with Crippen molar-refractivity contribution in [3.05, 3.63) is 89.3 Å². The van der Waals surface area contributed by atoms with Gasteiger partial charge < -0.3 is 4.84 Å². The maximum atomic E-state index is 13.8. The molecule has 4 aromatic rings. The zero-order valence-corrected chi connectivity index (χ0v) is 18.4. The fourth-order valence-corrected chi connectivity index (χ4v) is 4.79. The third-order valence-corrected chi connectivity index (χ3v) is 6.63. The molecule has 160 valence electrons. The van der Waals surface area contributed by atoms with Gasteiger partial charge in [-0.3, -0.25) is 4.98 Å². The minimum Gasteiger partial charge on any atom is -0.391 e. The highest BCUT2D eigenvalue weighted by atomic mass is 32.1. The van der Waals surface area contributed by atoms with Gasteiger partial charge in [-0.1, -0.05) is 29.4 Å². The molecule has 1 aliphatic rings. The molecule has 0 saturated carbocycles. The maximum absolute atomic E-state index is 13.8.